The molecule has 150 heavy (non-hydrogen) atoms. The maximum Gasteiger partial charge on any atom is 0.425 e. The number of nitrogens with zero attached hydrogens (tertiary/aromatic N) is 18. The van der Waals surface area contributed by atoms with E-state index in [1.54, 1.807) is 132 Å². The van der Waals surface area contributed by atoms with Crippen LogP contribution in [0.2, 0.25) is 0 Å². The number of para-hydroxylation sites is 6. The Hall–Kier alpha value is -14.6. The van der Waals surface area contributed by atoms with Crippen LogP contribution in [0.4, 0.5) is 66.4 Å². The maximum atomic E-state index is 13.9. The Morgan fingerprint density at radius 2 is 0.727 bits per heavy atom. The number of H-pyrrole nitrogens is 1. The number of carbonyl (C=O) groups excluding carboxylic acids is 6. The molecule has 8 fully saturated rings. The molecule has 6 aromatic carbocycles. The Bertz CT molecular complexity index is 7230. The largest absolute Gasteiger partial charge is 0.425 e. The van der Waals surface area contributed by atoms with Crippen LogP contribution in [0.15, 0.2) is 217 Å². The van der Waals surface area contributed by atoms with Gasteiger partial charge < -0.3 is 54.0 Å². The van der Waals surface area contributed by atoms with Gasteiger partial charge in [-0.15, -0.1) is 0 Å². The fourth-order valence-corrected chi connectivity index (χ4v) is 22.7. The van der Waals surface area contributed by atoms with Gasteiger partial charge in [0.15, 0.2) is 58.4 Å². The highest BCUT2D eigenvalue weighted by Gasteiger charge is 2.67. The number of ether oxygens (including phenoxy) is 7. The first-order chi connectivity index (χ1) is 71.7. The van der Waals surface area contributed by atoms with E-state index in [1.165, 1.54) is 57.6 Å². The van der Waals surface area contributed by atoms with Gasteiger partial charge in [0.1, 0.15) is 23.4 Å². The van der Waals surface area contributed by atoms with Crippen LogP contribution >= 0.6 is 0 Å². The molecule has 47 heteroatoms. The van der Waals surface area contributed by atoms with Crippen molar-refractivity contribution in [2.45, 2.75) is 199 Å². The fourth-order valence-electron chi connectivity index (χ4n) is 20.4. The summed E-state index contributed by atoms with van der Waals surface area (Å²) in [6.45, 7) is 25.6. The molecule has 788 valence electrons. The van der Waals surface area contributed by atoms with Crippen LogP contribution in [-0.4, -0.2) is 237 Å². The van der Waals surface area contributed by atoms with E-state index in [0.29, 0.717) is 71.1 Å². The van der Waals surface area contributed by atoms with Crippen LogP contribution in [-0.2, 0) is 53.4 Å². The van der Waals surface area contributed by atoms with Crippen molar-refractivity contribution in [1.29, 1.82) is 0 Å². The summed E-state index contributed by atoms with van der Waals surface area (Å²) in [6, 6.07) is 52.4. The monoisotopic (exact) mass is 2090 g/mol. The predicted octanol–water partition coefficient (Wildman–Crippen LogP) is 12.1. The summed E-state index contributed by atoms with van der Waals surface area (Å²) >= 11 is 0. The van der Waals surface area contributed by atoms with Crippen molar-refractivity contribution in [2.75, 3.05) is 69.3 Å². The lowest BCUT2D eigenvalue weighted by atomic mass is 9.88. The molecule has 15 heterocycles. The minimum Gasteiger partial charge on any atom is -0.388 e. The number of aromatic amines is 1. The average Bonchev–Trinajstić information content (AvgIpc) is 1.54. The number of anilines is 9. The minimum absolute atomic E-state index is 0.000351. The molecule has 8 N–H and O–H groups in total. The number of hydrogen-bond donors (Lipinski definition) is 8. The van der Waals surface area contributed by atoms with Crippen LogP contribution in [0, 0.1) is 36.5 Å². The molecule has 13 aromatic rings. The van der Waals surface area contributed by atoms with Gasteiger partial charge in [0.2, 0.25) is 55.6 Å². The smallest absolute Gasteiger partial charge is 0.388 e. The van der Waals surface area contributed by atoms with Crippen molar-refractivity contribution in [1.82, 2.24) is 87.4 Å². The van der Waals surface area contributed by atoms with Crippen molar-refractivity contribution in [3.05, 3.63) is 234 Å². The molecule has 0 unspecified atom stereocenters. The Balaban J connectivity index is 0.000000135. The van der Waals surface area contributed by atoms with Crippen molar-refractivity contribution < 1.29 is 89.0 Å². The third-order valence-electron chi connectivity index (χ3n) is 29.0. The van der Waals surface area contributed by atoms with Gasteiger partial charge in [-0.25, -0.2) is 65.7 Å². The van der Waals surface area contributed by atoms with Crippen LogP contribution in [0.1, 0.15) is 139 Å². The number of aryl methyl sites for hydroxylation is 1. The van der Waals surface area contributed by atoms with Gasteiger partial charge in [-0.1, -0.05) is 192 Å². The number of rotatable bonds is 25. The number of morpholine rings is 4. The summed E-state index contributed by atoms with van der Waals surface area (Å²) in [7, 11) is -7.27. The molecule has 7 aromatic heterocycles. The molecule has 16 atom stereocenters. The van der Waals surface area contributed by atoms with E-state index in [-0.39, 0.29) is 142 Å². The summed E-state index contributed by atoms with van der Waals surface area (Å²) in [4.78, 5) is 149. The quantitative estimate of drug-likeness (QED) is 0.0263. The second-order valence-electron chi connectivity index (χ2n) is 39.1. The molecular weight excluding hydrogens is 1970 g/mol. The van der Waals surface area contributed by atoms with Gasteiger partial charge in [0.05, 0.1) is 101 Å². The maximum absolute atomic E-state index is 13.9. The molecule has 8 saturated heterocycles. The summed E-state index contributed by atoms with van der Waals surface area (Å²) in [5, 5.41) is 36.3. The van der Waals surface area contributed by atoms with E-state index in [9.17, 15) is 65.4 Å². The molecule has 0 aliphatic carbocycles. The number of imidazole rings is 3. The van der Waals surface area contributed by atoms with E-state index in [1.807, 2.05) is 141 Å². The second kappa shape index (κ2) is 42.1. The number of aromatic nitrogens is 14. The molecule has 8 aliphatic heterocycles. The number of sulfonamides is 2. The first kappa shape index (κ1) is 105. The van der Waals surface area contributed by atoms with Crippen LogP contribution in [0.5, 0.6) is 17.6 Å². The molecule has 0 saturated carbocycles. The number of fused-ring (bicyclic) bond motifs is 11. The third kappa shape index (κ3) is 19.9. The van der Waals surface area contributed by atoms with Gasteiger partial charge in [-0.3, -0.25) is 58.4 Å². The number of carbonyl (C=O) groups is 6. The SMILES string of the molecule is CC[C@@]12CN(S(C)(=O)=O)[C@@H]([C@H](n3cnc4c(OC(=O)N(c5ccccc5)c5ccccc5)nc(NC(=O)C(C)C)nc43)O1)[C@@H]2C.CC[C@@]12CN(S(C)(=O)=O)[C@@H]([C@H](n3cnc4c(OC(=O)N(c5ccccc5)c5ccccc5)nc(NC(=O)C(C)C)nc43)O1)[C@@H]2O.CC[C@@]12CN[C@@H]([C@H](n3cc(C)c(=O)[nH]c3=O)O1)[C@@H]2O.CC[C@@]12CN[C@@H]([C@H](n3cnc4c(OC(=O)N(c5ccccc5)c5ccccc5)nc(NC(=O)C(C)C)nc43)O1)[C@@H]2C. The predicted molar refractivity (Wildman–Crippen MR) is 553 cm³/mol. The van der Waals surface area contributed by atoms with E-state index in [2.05, 4.69) is 90.3 Å². The van der Waals surface area contributed by atoms with E-state index >= 15 is 0 Å². The number of nitrogens with one attached hydrogen (secondary N) is 6. The molecule has 8 aliphatic rings. The molecule has 6 amide bonds. The zero-order chi connectivity index (χ0) is 107. The van der Waals surface area contributed by atoms with Gasteiger partial charge in [-0.2, -0.15) is 38.5 Å². The fraction of sp³-hybridized carbons (Fsp3) is 0.408. The number of amides is 6. The number of hydrogen-bond acceptors (Lipinski definition) is 32. The van der Waals surface area contributed by atoms with Crippen molar-refractivity contribution in [3.8, 4) is 17.6 Å². The van der Waals surface area contributed by atoms with Crippen LogP contribution in [0.3, 0.4) is 0 Å². The third-order valence-corrected chi connectivity index (χ3v) is 31.4. The standard InChI is InChI=1S/C31H35N7O6S.C30H33N7O7S.C30H33N7O4.C12H17N3O4/c1-6-31-17-37(45(5,41)42)24(20(31)4)28(44-31)36-18-32-23-25(36)33-29(34-26(39)19(2)3)35-27(23)43-30(40)38(21-13-9-7-10-14-21)22-15-11-8-12-16-22;1-5-30-16-36(45(4,41)42)22(23(30)38)27(44-30)35-17-31-21-24(35)32-28(33-25(39)18(2)3)34-26(21)43-29(40)37(19-12-8-6-9-13-19)20-14-10-7-11-15-20;1-5-30-16-31-22(19(30)4)27(41-30)36-17-32-23-24(36)33-28(34-25(38)18(2)3)35-26(23)40-29(39)37(20-12-8-6-9-13-20)21-14-10-7-11-15-21;1-3-12-5-13-7(8(12)16)10(19-12)15-4-6(2)9(17)14-11(15)18/h7-16,18-20,24,28H,6,17H2,1-5H3,(H,33,34,35,39);6-15,17-18,22-23,27,38H,5,16H2,1-4H3,(H,32,33,34,39);6-15,17-19,22,27,31H,5,16H2,1-4H3,(H,33,34,35,38);4,7-8,10,13,16H,3,5H2,1-2H3,(H,14,17,18)/t20-,24+,28+,31-;22-,23+,27-,30+;19-,22+,27+,30-;7-,8+,10-,12+/m0101/s1. The van der Waals surface area contributed by atoms with Gasteiger partial charge in [-0.05, 0) is 105 Å². The molecule has 0 spiro atoms. The second-order valence-corrected chi connectivity index (χ2v) is 43.0. The van der Waals surface area contributed by atoms with Gasteiger partial charge in [0.25, 0.3) is 23.2 Å². The zero-order valence-corrected chi connectivity index (χ0v) is 86.6. The van der Waals surface area contributed by atoms with Crippen molar-refractivity contribution in [2.24, 2.45) is 29.6 Å². The molecular formula is C103H118N24O21S2. The van der Waals surface area contributed by atoms with Gasteiger partial charge in [0, 0.05) is 67.5 Å². The first-order valence-electron chi connectivity index (χ1n) is 49.5. The highest BCUT2D eigenvalue weighted by Crippen LogP contribution is 2.55. The van der Waals surface area contributed by atoms with E-state index in [4.69, 9.17) is 33.2 Å². The number of aliphatic hydroxyl groups excluding tert-OH is 2. The highest BCUT2D eigenvalue weighted by atomic mass is 32.2. The van der Waals surface area contributed by atoms with Gasteiger partial charge >= 0.3 is 24.0 Å². The van der Waals surface area contributed by atoms with Crippen molar-refractivity contribution in [3.63, 3.8) is 0 Å². The molecule has 45 nitrogen and oxygen atoms in total. The Labute approximate surface area is 862 Å². The van der Waals surface area contributed by atoms with E-state index < -0.39 is 115 Å². The molecule has 0 radical (unpaired) electrons. The topological polar surface area (TPSA) is 538 Å². The zero-order valence-electron chi connectivity index (χ0n) is 85.0. The number of benzene rings is 6. The lowest BCUT2D eigenvalue weighted by molar-refractivity contribution is -0.123. The number of aliphatic hydroxyl groups is 2. The minimum atomic E-state index is -3.72. The Morgan fingerprint density at radius 3 is 1.05 bits per heavy atom. The Kier molecular flexibility index (Phi) is 29.5. The highest BCUT2D eigenvalue weighted by molar-refractivity contribution is 7.88. The van der Waals surface area contributed by atoms with Crippen molar-refractivity contribution >= 4 is 142 Å². The Morgan fingerprint density at radius 1 is 0.420 bits per heavy atom. The summed E-state index contributed by atoms with van der Waals surface area (Å²) < 4.78 is 103. The van der Waals surface area contributed by atoms with Crippen LogP contribution < -0.4 is 66.7 Å². The lowest BCUT2D eigenvalue weighted by Gasteiger charge is -2.36. The summed E-state index contributed by atoms with van der Waals surface area (Å²) in [5.74, 6) is -2.66. The first-order valence-corrected chi connectivity index (χ1v) is 53.2. The summed E-state index contributed by atoms with van der Waals surface area (Å²) in [5.41, 5.74) is 1.38. The average molecular weight is 2090 g/mol. The van der Waals surface area contributed by atoms with Crippen LogP contribution in [0.25, 0.3) is 33.5 Å². The van der Waals surface area contributed by atoms with E-state index in [0.717, 1.165) is 19.2 Å². The summed E-state index contributed by atoms with van der Waals surface area (Å²) in [6.07, 6.45) is 3.89. The lowest BCUT2D eigenvalue weighted by Crippen LogP contribution is -2.47. The normalized spacial score (nSPS) is 24.8. The molecule has 21 rings (SSSR count). The molecule has 8 bridgehead atoms.